The number of unbranched alkanes of at least 4 members (excludes halogenated alkanes) is 1. The lowest BCUT2D eigenvalue weighted by Gasteiger charge is -2.21. The van der Waals surface area contributed by atoms with Crippen molar-refractivity contribution in [3.8, 4) is 0 Å². The van der Waals surface area contributed by atoms with Gasteiger partial charge in [0.1, 0.15) is 6.04 Å². The highest BCUT2D eigenvalue weighted by Crippen LogP contribution is 2.21. The molecule has 0 spiro atoms. The third-order valence-electron chi connectivity index (χ3n) is 7.32. The van der Waals surface area contributed by atoms with Crippen LogP contribution in [0.4, 0.5) is 0 Å². The molecule has 1 heterocycles. The summed E-state index contributed by atoms with van der Waals surface area (Å²) >= 11 is 0. The maximum Gasteiger partial charge on any atom is 0.239 e. The molecule has 1 aliphatic carbocycles. The van der Waals surface area contributed by atoms with Crippen LogP contribution in [0.15, 0.2) is 6.20 Å². The zero-order valence-electron chi connectivity index (χ0n) is 23.2. The summed E-state index contributed by atoms with van der Waals surface area (Å²) in [5.74, 6) is -0.584. The van der Waals surface area contributed by atoms with E-state index in [-0.39, 0.29) is 23.8 Å². The van der Waals surface area contributed by atoms with Crippen molar-refractivity contribution in [3.63, 3.8) is 0 Å². The van der Waals surface area contributed by atoms with E-state index in [1.54, 1.807) is 4.68 Å². The van der Waals surface area contributed by atoms with Gasteiger partial charge in [-0.15, -0.1) is 5.10 Å². The second kappa shape index (κ2) is 17.9. The highest BCUT2D eigenvalue weighted by Gasteiger charge is 2.23. The predicted octanol–water partition coefficient (Wildman–Crippen LogP) is 4.36. The molecule has 1 saturated carbocycles. The topological polar surface area (TPSA) is 132 Å². The molecule has 9 heteroatoms. The van der Waals surface area contributed by atoms with Crippen molar-refractivity contribution in [1.29, 1.82) is 0 Å². The highest BCUT2D eigenvalue weighted by atomic mass is 16.2. The van der Waals surface area contributed by atoms with Gasteiger partial charge in [0.25, 0.3) is 0 Å². The maximum absolute atomic E-state index is 13.0. The fourth-order valence-corrected chi connectivity index (χ4v) is 4.89. The Labute approximate surface area is 223 Å². The van der Waals surface area contributed by atoms with Gasteiger partial charge in [0.05, 0.1) is 5.69 Å². The van der Waals surface area contributed by atoms with Gasteiger partial charge in [-0.05, 0) is 46.0 Å². The molecule has 1 aromatic rings. The van der Waals surface area contributed by atoms with Crippen LogP contribution < -0.4 is 16.4 Å². The number of nitrogens with one attached hydrogen (secondary N) is 2. The predicted molar refractivity (Wildman–Crippen MR) is 146 cm³/mol. The Morgan fingerprint density at radius 3 is 2.11 bits per heavy atom. The number of primary amides is 1. The van der Waals surface area contributed by atoms with Crippen LogP contribution in [0.25, 0.3) is 0 Å². The van der Waals surface area contributed by atoms with E-state index in [0.717, 1.165) is 37.8 Å². The molecule has 37 heavy (non-hydrogen) atoms. The van der Waals surface area contributed by atoms with Crippen molar-refractivity contribution in [3.05, 3.63) is 11.9 Å². The first kappa shape index (κ1) is 30.8. The quantitative estimate of drug-likeness (QED) is 0.354. The molecule has 0 radical (unpaired) electrons. The largest absolute Gasteiger partial charge is 0.368 e. The van der Waals surface area contributed by atoms with Crippen molar-refractivity contribution >= 4 is 17.7 Å². The van der Waals surface area contributed by atoms with Crippen molar-refractivity contribution < 1.29 is 14.4 Å². The Balaban J connectivity index is 1.68. The van der Waals surface area contributed by atoms with E-state index in [9.17, 15) is 14.4 Å². The monoisotopic (exact) mass is 518 g/mol. The number of rotatable bonds is 12. The summed E-state index contributed by atoms with van der Waals surface area (Å²) in [4.78, 5) is 37.2. The van der Waals surface area contributed by atoms with E-state index in [2.05, 4.69) is 20.9 Å². The van der Waals surface area contributed by atoms with Gasteiger partial charge in [-0.3, -0.25) is 14.4 Å². The lowest BCUT2D eigenvalue weighted by Crippen LogP contribution is -2.46. The Bertz CT molecular complexity index is 796. The molecule has 210 valence electrons. The average molecular weight is 519 g/mol. The van der Waals surface area contributed by atoms with Gasteiger partial charge in [-0.1, -0.05) is 69.4 Å². The van der Waals surface area contributed by atoms with E-state index < -0.39 is 11.9 Å². The second-order valence-electron chi connectivity index (χ2n) is 10.9. The minimum atomic E-state index is -0.656. The molecule has 1 aliphatic rings. The van der Waals surface area contributed by atoms with Crippen LogP contribution in [0.3, 0.4) is 0 Å². The van der Waals surface area contributed by atoms with E-state index in [4.69, 9.17) is 5.73 Å². The van der Waals surface area contributed by atoms with Crippen LogP contribution >= 0.6 is 0 Å². The van der Waals surface area contributed by atoms with E-state index in [1.165, 1.54) is 51.4 Å². The van der Waals surface area contributed by atoms with Crippen LogP contribution in [-0.2, 0) is 20.8 Å². The first-order chi connectivity index (χ1) is 17.9. The molecule has 9 nitrogen and oxygen atoms in total. The average Bonchev–Trinajstić information content (AvgIpc) is 3.35. The third kappa shape index (κ3) is 13.1. The standard InChI is InChI=1S/C28H50N6O3/c1-22(2)34-21-24(32-33-34)18-19-26(35)30-20-14-13-17-25(27(29)36)31-28(37)23-15-11-9-7-5-3-4-6-8-10-12-16-23/h21-23,25H,3-20H2,1-2H3,(H2,29,36)(H,30,35)(H,31,37)/t25-/m0/s1. The summed E-state index contributed by atoms with van der Waals surface area (Å²) in [5, 5.41) is 14.0. The highest BCUT2D eigenvalue weighted by molar-refractivity contribution is 5.87. The second-order valence-corrected chi connectivity index (χ2v) is 10.9. The van der Waals surface area contributed by atoms with Crippen molar-refractivity contribution in [2.45, 2.75) is 135 Å². The van der Waals surface area contributed by atoms with Gasteiger partial charge in [-0.25, -0.2) is 4.68 Å². The van der Waals surface area contributed by atoms with Gasteiger partial charge >= 0.3 is 0 Å². The molecule has 0 bridgehead atoms. The number of nitrogens with two attached hydrogens (primary N) is 1. The Hall–Kier alpha value is -2.45. The number of hydrogen-bond acceptors (Lipinski definition) is 5. The SMILES string of the molecule is CC(C)n1cc(CCC(=O)NCCCC[C@H](NC(=O)C2CCCCCCCCCCCC2)C(N)=O)nn1. The van der Waals surface area contributed by atoms with E-state index >= 15 is 0 Å². The molecular formula is C28H50N6O3. The number of aryl methyl sites for hydroxylation is 1. The Kier molecular flexibility index (Phi) is 14.9. The first-order valence-electron chi connectivity index (χ1n) is 14.6. The minimum absolute atomic E-state index is 0.0265. The lowest BCUT2D eigenvalue weighted by molar-refractivity contribution is -0.130. The number of aromatic nitrogens is 3. The summed E-state index contributed by atoms with van der Waals surface area (Å²) in [6.45, 7) is 4.59. The van der Waals surface area contributed by atoms with Crippen LogP contribution in [0.2, 0.25) is 0 Å². The van der Waals surface area contributed by atoms with Gasteiger partial charge in [0, 0.05) is 37.5 Å². The molecule has 0 unspecified atom stereocenters. The number of carbonyl (C=O) groups is 3. The molecule has 1 fully saturated rings. The number of hydrogen-bond donors (Lipinski definition) is 3. The van der Waals surface area contributed by atoms with Crippen LogP contribution in [0.1, 0.15) is 128 Å². The van der Waals surface area contributed by atoms with Crippen LogP contribution in [-0.4, -0.2) is 45.3 Å². The zero-order valence-corrected chi connectivity index (χ0v) is 23.2. The molecule has 2 rings (SSSR count). The number of amides is 3. The first-order valence-corrected chi connectivity index (χ1v) is 14.6. The third-order valence-corrected chi connectivity index (χ3v) is 7.32. The normalized spacial score (nSPS) is 17.3. The van der Waals surface area contributed by atoms with E-state index in [1.807, 2.05) is 20.0 Å². The van der Waals surface area contributed by atoms with Gasteiger partial charge in [0.15, 0.2) is 0 Å². The lowest BCUT2D eigenvalue weighted by atomic mass is 9.93. The molecule has 4 N–H and O–H groups in total. The summed E-state index contributed by atoms with van der Waals surface area (Å²) in [7, 11) is 0. The maximum atomic E-state index is 13.0. The van der Waals surface area contributed by atoms with Crippen LogP contribution in [0.5, 0.6) is 0 Å². The smallest absolute Gasteiger partial charge is 0.239 e. The van der Waals surface area contributed by atoms with Crippen molar-refractivity contribution in [2.75, 3.05) is 6.54 Å². The molecule has 1 atom stereocenters. The van der Waals surface area contributed by atoms with Crippen molar-refractivity contribution in [1.82, 2.24) is 25.6 Å². The summed E-state index contributed by atoms with van der Waals surface area (Å²) in [6, 6.07) is -0.412. The minimum Gasteiger partial charge on any atom is -0.368 e. The molecular weight excluding hydrogens is 468 g/mol. The molecule has 1 aromatic heterocycles. The zero-order chi connectivity index (χ0) is 26.9. The molecule has 3 amide bonds. The number of nitrogens with zero attached hydrogens (tertiary/aromatic N) is 3. The summed E-state index contributed by atoms with van der Waals surface area (Å²) in [5.41, 5.74) is 6.42. The van der Waals surface area contributed by atoms with Crippen molar-refractivity contribution in [2.24, 2.45) is 11.7 Å². The number of carbonyl (C=O) groups excluding carboxylic acids is 3. The fourth-order valence-electron chi connectivity index (χ4n) is 4.89. The van der Waals surface area contributed by atoms with E-state index in [0.29, 0.717) is 32.2 Å². The Morgan fingerprint density at radius 2 is 1.57 bits per heavy atom. The summed E-state index contributed by atoms with van der Waals surface area (Å²) < 4.78 is 1.78. The molecule has 0 aromatic carbocycles. The summed E-state index contributed by atoms with van der Waals surface area (Å²) in [6.07, 6.45) is 18.7. The molecule has 0 saturated heterocycles. The fraction of sp³-hybridized carbons (Fsp3) is 0.821. The van der Waals surface area contributed by atoms with Crippen LogP contribution in [0, 0.1) is 5.92 Å². The van der Waals surface area contributed by atoms with Gasteiger partial charge in [-0.2, -0.15) is 0 Å². The Morgan fingerprint density at radius 1 is 0.973 bits per heavy atom. The molecule has 0 aliphatic heterocycles. The van der Waals surface area contributed by atoms with Gasteiger partial charge < -0.3 is 16.4 Å². The van der Waals surface area contributed by atoms with Gasteiger partial charge in [0.2, 0.25) is 17.7 Å².